The van der Waals surface area contributed by atoms with E-state index in [0.717, 1.165) is 37.7 Å². The number of benzene rings is 1. The van der Waals surface area contributed by atoms with Crippen LogP contribution in [0, 0.1) is 0 Å². The van der Waals surface area contributed by atoms with E-state index in [4.69, 9.17) is 0 Å². The molecule has 144 valence electrons. The summed E-state index contributed by atoms with van der Waals surface area (Å²) in [6.07, 6.45) is 5.16. The summed E-state index contributed by atoms with van der Waals surface area (Å²) in [5.74, 6) is -0.251. The molecule has 1 saturated carbocycles. The molecule has 3 fully saturated rings. The first-order valence-electron chi connectivity index (χ1n) is 10.0. The summed E-state index contributed by atoms with van der Waals surface area (Å²) in [6.45, 7) is 2.84. The molecule has 0 bridgehead atoms. The van der Waals surface area contributed by atoms with Gasteiger partial charge < -0.3 is 15.1 Å². The quantitative estimate of drug-likeness (QED) is 0.773. The van der Waals surface area contributed by atoms with Crippen molar-refractivity contribution in [3.63, 3.8) is 0 Å². The van der Waals surface area contributed by atoms with Gasteiger partial charge in [0.1, 0.15) is 18.6 Å². The molecule has 2 aliphatic heterocycles. The van der Waals surface area contributed by atoms with Crippen LogP contribution in [0.4, 0.5) is 0 Å². The summed E-state index contributed by atoms with van der Waals surface area (Å²) in [7, 11) is 0. The van der Waals surface area contributed by atoms with Gasteiger partial charge in [0.05, 0.1) is 5.54 Å². The Kier molecular flexibility index (Phi) is 4.66. The smallest absolute Gasteiger partial charge is 0.246 e. The molecule has 3 aliphatic rings. The monoisotopic (exact) mass is 369 g/mol. The zero-order chi connectivity index (χ0) is 19.0. The molecule has 0 unspecified atom stereocenters. The lowest BCUT2D eigenvalue weighted by atomic mass is 9.91. The second-order valence-corrected chi connectivity index (χ2v) is 7.98. The number of carbonyl (C=O) groups is 3. The number of rotatable bonds is 6. The Bertz CT molecular complexity index is 744. The molecule has 0 radical (unpaired) electrons. The highest BCUT2D eigenvalue weighted by Crippen LogP contribution is 2.49. The second-order valence-electron chi connectivity index (χ2n) is 7.98. The lowest BCUT2D eigenvalue weighted by Gasteiger charge is -2.50. The van der Waals surface area contributed by atoms with E-state index < -0.39 is 17.6 Å². The molecule has 1 spiro atoms. The van der Waals surface area contributed by atoms with Gasteiger partial charge in [0, 0.05) is 13.0 Å². The second kappa shape index (κ2) is 6.98. The maximum Gasteiger partial charge on any atom is 0.246 e. The molecular weight excluding hydrogens is 342 g/mol. The minimum atomic E-state index is -0.591. The zero-order valence-corrected chi connectivity index (χ0v) is 15.8. The van der Waals surface area contributed by atoms with Crippen LogP contribution in [0.3, 0.4) is 0 Å². The van der Waals surface area contributed by atoms with Crippen LogP contribution >= 0.6 is 0 Å². The van der Waals surface area contributed by atoms with Crippen LogP contribution in [0.1, 0.15) is 44.6 Å². The summed E-state index contributed by atoms with van der Waals surface area (Å²) in [5, 5.41) is 2.94. The number of fused-ring (bicyclic) bond motifs is 2. The lowest BCUT2D eigenvalue weighted by molar-refractivity contribution is -0.166. The van der Waals surface area contributed by atoms with E-state index in [2.05, 4.69) is 12.2 Å². The fourth-order valence-electron chi connectivity index (χ4n) is 4.64. The molecule has 6 nitrogen and oxygen atoms in total. The van der Waals surface area contributed by atoms with E-state index in [1.807, 2.05) is 35.2 Å². The third kappa shape index (κ3) is 3.11. The molecule has 3 amide bonds. The number of unbranched alkanes of at least 4 members (excludes halogenated alkanes) is 2. The van der Waals surface area contributed by atoms with E-state index in [0.29, 0.717) is 13.0 Å². The van der Waals surface area contributed by atoms with Crippen LogP contribution in [0.2, 0.25) is 0 Å². The first-order chi connectivity index (χ1) is 13.1. The molecule has 1 N–H and O–H groups in total. The topological polar surface area (TPSA) is 69.7 Å². The number of nitrogens with zero attached hydrogens (tertiary/aromatic N) is 2. The van der Waals surface area contributed by atoms with E-state index in [1.165, 1.54) is 0 Å². The van der Waals surface area contributed by atoms with Crippen molar-refractivity contribution in [2.45, 2.75) is 63.1 Å². The molecule has 1 aliphatic carbocycles. The highest BCUT2D eigenvalue weighted by atomic mass is 16.2. The fourth-order valence-corrected chi connectivity index (χ4v) is 4.64. The molecule has 27 heavy (non-hydrogen) atoms. The van der Waals surface area contributed by atoms with E-state index in [1.54, 1.807) is 4.90 Å². The average Bonchev–Trinajstić information content (AvgIpc) is 3.43. The maximum absolute atomic E-state index is 13.1. The van der Waals surface area contributed by atoms with Crippen LogP contribution < -0.4 is 5.32 Å². The fraction of sp³-hybridized carbons (Fsp3) is 0.571. The van der Waals surface area contributed by atoms with Gasteiger partial charge >= 0.3 is 0 Å². The van der Waals surface area contributed by atoms with Crippen molar-refractivity contribution in [3.8, 4) is 0 Å². The first-order valence-corrected chi connectivity index (χ1v) is 10.0. The van der Waals surface area contributed by atoms with E-state index in [9.17, 15) is 14.4 Å². The highest BCUT2D eigenvalue weighted by molar-refractivity contribution is 6.02. The predicted octanol–water partition coefficient (Wildman–Crippen LogP) is 1.49. The van der Waals surface area contributed by atoms with Gasteiger partial charge in [-0.1, -0.05) is 50.1 Å². The number of hydrogen-bond donors (Lipinski definition) is 1. The van der Waals surface area contributed by atoms with Crippen molar-refractivity contribution in [2.24, 2.45) is 0 Å². The van der Waals surface area contributed by atoms with Gasteiger partial charge in [0.15, 0.2) is 0 Å². The molecule has 4 rings (SSSR count). The van der Waals surface area contributed by atoms with Crippen molar-refractivity contribution in [3.05, 3.63) is 35.9 Å². The predicted molar refractivity (Wildman–Crippen MR) is 101 cm³/mol. The van der Waals surface area contributed by atoms with Gasteiger partial charge in [-0.2, -0.15) is 0 Å². The molecule has 2 heterocycles. The van der Waals surface area contributed by atoms with E-state index >= 15 is 0 Å². The van der Waals surface area contributed by atoms with Gasteiger partial charge in [-0.25, -0.2) is 0 Å². The molecular formula is C21H27N3O3. The van der Waals surface area contributed by atoms with Crippen molar-refractivity contribution < 1.29 is 14.4 Å². The summed E-state index contributed by atoms with van der Waals surface area (Å²) < 4.78 is 0. The highest BCUT2D eigenvalue weighted by Gasteiger charge is 2.65. The van der Waals surface area contributed by atoms with Crippen LogP contribution in [-0.2, 0) is 20.8 Å². The summed E-state index contributed by atoms with van der Waals surface area (Å²) in [6, 6.07) is 8.54. The Balaban J connectivity index is 1.53. The average molecular weight is 369 g/mol. The van der Waals surface area contributed by atoms with Gasteiger partial charge in [0.25, 0.3) is 0 Å². The lowest BCUT2D eigenvalue weighted by Crippen LogP contribution is -2.75. The summed E-state index contributed by atoms with van der Waals surface area (Å²) in [5.41, 5.74) is 0.529. The van der Waals surface area contributed by atoms with Gasteiger partial charge in [0.2, 0.25) is 17.7 Å². The Hall–Kier alpha value is -2.37. The third-order valence-electron chi connectivity index (χ3n) is 6.14. The minimum Gasteiger partial charge on any atom is -0.342 e. The number of nitrogens with one attached hydrogen (secondary N) is 1. The van der Waals surface area contributed by atoms with Crippen LogP contribution in [0.15, 0.2) is 30.3 Å². The number of amides is 3. The SMILES string of the molecule is CCCCCN1C(=O)CN2C(=O)[C@H](Cc3ccccc3)NC(=O)[C@@H]2C12CC2. The molecule has 2 atom stereocenters. The van der Waals surface area contributed by atoms with Crippen molar-refractivity contribution in [2.75, 3.05) is 13.1 Å². The van der Waals surface area contributed by atoms with Crippen molar-refractivity contribution in [1.29, 1.82) is 0 Å². The first kappa shape index (κ1) is 18.0. The molecule has 0 aromatic heterocycles. The van der Waals surface area contributed by atoms with Crippen LogP contribution in [0.5, 0.6) is 0 Å². The van der Waals surface area contributed by atoms with Gasteiger partial charge in [-0.05, 0) is 24.8 Å². The van der Waals surface area contributed by atoms with Gasteiger partial charge in [-0.15, -0.1) is 0 Å². The van der Waals surface area contributed by atoms with E-state index in [-0.39, 0.29) is 24.3 Å². The normalized spacial score (nSPS) is 26.2. The molecule has 1 aromatic rings. The Morgan fingerprint density at radius 3 is 2.52 bits per heavy atom. The standard InChI is InChI=1S/C21H27N3O3/c1-2-3-7-12-24-17(25)14-23-18(21(24)10-11-21)19(26)22-16(20(23)27)13-15-8-5-4-6-9-15/h4-6,8-9,16,18H,2-3,7,10-14H2,1H3,(H,22,26)/t16-,18+/m0/s1. The largest absolute Gasteiger partial charge is 0.342 e. The Morgan fingerprint density at radius 2 is 1.85 bits per heavy atom. The van der Waals surface area contributed by atoms with Crippen LogP contribution in [0.25, 0.3) is 0 Å². The molecule has 6 heteroatoms. The van der Waals surface area contributed by atoms with Gasteiger partial charge in [-0.3, -0.25) is 14.4 Å². The molecule has 2 saturated heterocycles. The Labute approximate surface area is 159 Å². The van der Waals surface area contributed by atoms with Crippen LogP contribution in [-0.4, -0.2) is 58.2 Å². The number of hydrogen-bond acceptors (Lipinski definition) is 3. The minimum absolute atomic E-state index is 0.0126. The Morgan fingerprint density at radius 1 is 1.11 bits per heavy atom. The van der Waals surface area contributed by atoms with Crippen molar-refractivity contribution in [1.82, 2.24) is 15.1 Å². The zero-order valence-electron chi connectivity index (χ0n) is 15.8. The molecule has 1 aromatic carbocycles. The summed E-state index contributed by atoms with van der Waals surface area (Å²) >= 11 is 0. The maximum atomic E-state index is 13.1. The third-order valence-corrected chi connectivity index (χ3v) is 6.14. The van der Waals surface area contributed by atoms with Crippen molar-refractivity contribution >= 4 is 17.7 Å². The number of carbonyl (C=O) groups excluding carboxylic acids is 3. The number of piperazine rings is 2. The summed E-state index contributed by atoms with van der Waals surface area (Å²) in [4.78, 5) is 42.3.